The molecule has 0 N–H and O–H groups in total. The van der Waals surface area contributed by atoms with Crippen molar-refractivity contribution in [1.82, 2.24) is 0 Å². The summed E-state index contributed by atoms with van der Waals surface area (Å²) in [6.07, 6.45) is 6.56. The van der Waals surface area contributed by atoms with Crippen LogP contribution in [-0.4, -0.2) is 13.2 Å². The summed E-state index contributed by atoms with van der Waals surface area (Å²) in [7, 11) is 0. The van der Waals surface area contributed by atoms with Crippen LogP contribution in [0.25, 0.3) is 11.1 Å². The van der Waals surface area contributed by atoms with Gasteiger partial charge in [-0.3, -0.25) is 0 Å². The van der Waals surface area contributed by atoms with Crippen molar-refractivity contribution in [2.24, 2.45) is 5.92 Å². The molecule has 2 aliphatic rings. The molecule has 1 heterocycles. The van der Waals surface area contributed by atoms with Crippen molar-refractivity contribution in [3.8, 4) is 28.4 Å². The van der Waals surface area contributed by atoms with E-state index in [-0.39, 0.29) is 23.9 Å². The highest BCUT2D eigenvalue weighted by Gasteiger charge is 2.27. The number of fused-ring (bicyclic) bond motifs is 3. The van der Waals surface area contributed by atoms with Gasteiger partial charge in [-0.15, -0.1) is 0 Å². The van der Waals surface area contributed by atoms with Crippen LogP contribution in [0.3, 0.4) is 0 Å². The maximum Gasteiger partial charge on any atom is 0.207 e. The Labute approximate surface area is 164 Å². The highest BCUT2D eigenvalue weighted by Crippen LogP contribution is 2.44. The second-order valence-electron chi connectivity index (χ2n) is 7.61. The summed E-state index contributed by atoms with van der Waals surface area (Å²) >= 11 is 0. The predicted octanol–water partition coefficient (Wildman–Crippen LogP) is 6.27. The molecule has 4 rings (SSSR count). The van der Waals surface area contributed by atoms with Gasteiger partial charge in [-0.25, -0.2) is 4.39 Å². The molecule has 0 spiro atoms. The minimum Gasteiger partial charge on any atom is -0.491 e. The van der Waals surface area contributed by atoms with Gasteiger partial charge < -0.3 is 14.2 Å². The first kappa shape index (κ1) is 19.0. The van der Waals surface area contributed by atoms with Gasteiger partial charge in [-0.1, -0.05) is 26.2 Å². The Morgan fingerprint density at radius 1 is 0.964 bits per heavy atom. The van der Waals surface area contributed by atoms with Gasteiger partial charge in [-0.05, 0) is 55.0 Å². The maximum atomic E-state index is 14.9. The fourth-order valence-corrected chi connectivity index (χ4v) is 3.96. The van der Waals surface area contributed by atoms with Gasteiger partial charge in [0.05, 0.1) is 13.2 Å². The lowest BCUT2D eigenvalue weighted by molar-refractivity contribution is 0.231. The monoisotopic (exact) mass is 388 g/mol. The Bertz CT molecular complexity index is 844. The van der Waals surface area contributed by atoms with Crippen molar-refractivity contribution in [1.29, 1.82) is 0 Å². The number of unbranched alkanes of at least 4 members (excludes halogenated alkanes) is 1. The molecule has 0 unspecified atom stereocenters. The van der Waals surface area contributed by atoms with Gasteiger partial charge in [0, 0.05) is 11.1 Å². The van der Waals surface area contributed by atoms with E-state index in [0.29, 0.717) is 35.8 Å². The number of ether oxygens (including phenoxy) is 3. The number of halogens is 2. The molecule has 150 valence electrons. The third kappa shape index (κ3) is 3.67. The topological polar surface area (TPSA) is 27.7 Å². The minimum atomic E-state index is -0.509. The molecular formula is C23H26F2O3. The van der Waals surface area contributed by atoms with E-state index < -0.39 is 11.6 Å². The summed E-state index contributed by atoms with van der Waals surface area (Å²) in [6, 6.07) is 6.75. The van der Waals surface area contributed by atoms with Crippen LogP contribution < -0.4 is 14.2 Å². The molecular weight excluding hydrogens is 362 g/mol. The summed E-state index contributed by atoms with van der Waals surface area (Å²) in [5, 5.41) is 0. The van der Waals surface area contributed by atoms with Gasteiger partial charge >= 0.3 is 0 Å². The first-order valence-corrected chi connectivity index (χ1v) is 10.2. The molecule has 3 nitrogen and oxygen atoms in total. The SMILES string of the molecule is CCCCOc1ccc2c(c1F)COc1c-2ccc(OCC2CCCC2)c1F. The third-order valence-corrected chi connectivity index (χ3v) is 5.63. The standard InChI is InChI=1S/C23H26F2O3/c1-2-3-12-26-19-10-8-16-17-9-11-20(27-13-15-6-4-5-7-15)22(25)23(17)28-14-18(16)21(19)24/h8-11,15H,2-7,12-14H2,1H3. The van der Waals surface area contributed by atoms with E-state index in [9.17, 15) is 8.78 Å². The van der Waals surface area contributed by atoms with E-state index in [4.69, 9.17) is 14.2 Å². The molecule has 0 bridgehead atoms. The van der Waals surface area contributed by atoms with E-state index in [2.05, 4.69) is 6.92 Å². The second-order valence-corrected chi connectivity index (χ2v) is 7.61. The number of rotatable bonds is 7. The lowest BCUT2D eigenvalue weighted by atomic mass is 9.96. The summed E-state index contributed by atoms with van der Waals surface area (Å²) < 4.78 is 46.6. The highest BCUT2D eigenvalue weighted by atomic mass is 19.1. The van der Waals surface area contributed by atoms with Crippen molar-refractivity contribution < 1.29 is 23.0 Å². The fourth-order valence-electron chi connectivity index (χ4n) is 3.96. The molecule has 2 aromatic rings. The molecule has 0 aromatic heterocycles. The van der Waals surface area contributed by atoms with Crippen molar-refractivity contribution >= 4 is 0 Å². The normalized spacial score (nSPS) is 15.7. The van der Waals surface area contributed by atoms with Gasteiger partial charge in [0.2, 0.25) is 5.82 Å². The molecule has 0 radical (unpaired) electrons. The summed E-state index contributed by atoms with van der Waals surface area (Å²) in [5.41, 5.74) is 1.59. The van der Waals surface area contributed by atoms with Crippen LogP contribution in [0.15, 0.2) is 24.3 Å². The smallest absolute Gasteiger partial charge is 0.207 e. The van der Waals surface area contributed by atoms with Crippen molar-refractivity contribution in [2.45, 2.75) is 52.1 Å². The Morgan fingerprint density at radius 3 is 2.43 bits per heavy atom. The Hall–Kier alpha value is -2.30. The largest absolute Gasteiger partial charge is 0.491 e. The zero-order chi connectivity index (χ0) is 19.5. The van der Waals surface area contributed by atoms with E-state index in [1.54, 1.807) is 24.3 Å². The van der Waals surface area contributed by atoms with Crippen molar-refractivity contribution in [3.05, 3.63) is 41.5 Å². The Kier molecular flexibility index (Phi) is 5.69. The molecule has 2 aromatic carbocycles. The molecule has 1 saturated carbocycles. The van der Waals surface area contributed by atoms with Gasteiger partial charge in [0.1, 0.15) is 6.61 Å². The molecule has 0 atom stereocenters. The summed E-state index contributed by atoms with van der Waals surface area (Å²) in [6.45, 7) is 3.03. The summed E-state index contributed by atoms with van der Waals surface area (Å²) in [5.74, 6) is 0.115. The van der Waals surface area contributed by atoms with Gasteiger partial charge in [0.25, 0.3) is 0 Å². The first-order chi connectivity index (χ1) is 13.7. The average molecular weight is 388 g/mol. The van der Waals surface area contributed by atoms with E-state index >= 15 is 0 Å². The van der Waals surface area contributed by atoms with Crippen LogP contribution >= 0.6 is 0 Å². The molecule has 28 heavy (non-hydrogen) atoms. The number of hydrogen-bond donors (Lipinski definition) is 0. The molecule has 1 fully saturated rings. The van der Waals surface area contributed by atoms with Crippen LogP contribution in [0, 0.1) is 17.6 Å². The molecule has 0 amide bonds. The predicted molar refractivity (Wildman–Crippen MR) is 104 cm³/mol. The second kappa shape index (κ2) is 8.38. The molecule has 1 aliphatic heterocycles. The van der Waals surface area contributed by atoms with Crippen LogP contribution in [0.4, 0.5) is 8.78 Å². The minimum absolute atomic E-state index is 0.0257. The zero-order valence-corrected chi connectivity index (χ0v) is 16.2. The lowest BCUT2D eigenvalue weighted by Crippen LogP contribution is -2.13. The maximum absolute atomic E-state index is 14.9. The first-order valence-electron chi connectivity index (χ1n) is 10.2. The van der Waals surface area contributed by atoms with E-state index in [1.807, 2.05) is 0 Å². The Balaban J connectivity index is 1.57. The van der Waals surface area contributed by atoms with E-state index in [1.165, 1.54) is 12.8 Å². The van der Waals surface area contributed by atoms with Crippen LogP contribution in [0.5, 0.6) is 17.2 Å². The zero-order valence-electron chi connectivity index (χ0n) is 16.2. The number of hydrogen-bond acceptors (Lipinski definition) is 3. The highest BCUT2D eigenvalue weighted by molar-refractivity contribution is 5.77. The quantitative estimate of drug-likeness (QED) is 0.523. The summed E-state index contributed by atoms with van der Waals surface area (Å²) in [4.78, 5) is 0. The van der Waals surface area contributed by atoms with Crippen molar-refractivity contribution in [3.63, 3.8) is 0 Å². The van der Waals surface area contributed by atoms with Crippen LogP contribution in [-0.2, 0) is 6.61 Å². The van der Waals surface area contributed by atoms with Crippen LogP contribution in [0.2, 0.25) is 0 Å². The molecule has 1 aliphatic carbocycles. The van der Waals surface area contributed by atoms with Gasteiger partial charge in [-0.2, -0.15) is 4.39 Å². The number of benzene rings is 2. The average Bonchev–Trinajstić information content (AvgIpc) is 3.23. The molecule has 5 heteroatoms. The van der Waals surface area contributed by atoms with Crippen molar-refractivity contribution in [2.75, 3.05) is 13.2 Å². The van der Waals surface area contributed by atoms with Crippen LogP contribution in [0.1, 0.15) is 51.0 Å². The third-order valence-electron chi connectivity index (χ3n) is 5.63. The van der Waals surface area contributed by atoms with Gasteiger partial charge in [0.15, 0.2) is 23.1 Å². The lowest BCUT2D eigenvalue weighted by Gasteiger charge is -2.24. The van der Waals surface area contributed by atoms with E-state index in [0.717, 1.165) is 25.7 Å². The fraction of sp³-hybridized carbons (Fsp3) is 0.478. The molecule has 0 saturated heterocycles. The Morgan fingerprint density at radius 2 is 1.68 bits per heavy atom.